The van der Waals surface area contributed by atoms with Crippen molar-refractivity contribution in [2.45, 2.75) is 46.1 Å². The molecule has 1 aromatic carbocycles. The van der Waals surface area contributed by atoms with Gasteiger partial charge in [0.1, 0.15) is 17.0 Å². The molecule has 0 aliphatic rings. The third kappa shape index (κ3) is 3.37. The first kappa shape index (κ1) is 15.9. The Labute approximate surface area is 141 Å². The van der Waals surface area contributed by atoms with Crippen molar-refractivity contribution in [2.24, 2.45) is 0 Å². The second-order valence-corrected chi connectivity index (χ2v) is 8.06. The van der Waals surface area contributed by atoms with Gasteiger partial charge in [0, 0.05) is 16.5 Å². The van der Waals surface area contributed by atoms with Crippen LogP contribution in [0.2, 0.25) is 0 Å². The zero-order chi connectivity index (χ0) is 16.6. The third-order valence-corrected chi connectivity index (χ3v) is 4.64. The topological polar surface area (TPSA) is 37.8 Å². The van der Waals surface area contributed by atoms with E-state index in [0.29, 0.717) is 5.92 Å². The Balaban J connectivity index is 2.11. The standard InChI is InChI=1S/C19H23N3S/c1-12(2)13-6-8-14(9-7-13)15-10-23-18-16(15)17(20-11-21-18)22-19(3,4)5/h6-12H,1-5H3,(H,20,21,22). The molecule has 0 saturated carbocycles. The monoisotopic (exact) mass is 325 g/mol. The number of anilines is 1. The average Bonchev–Trinajstić information content (AvgIpc) is 2.91. The smallest absolute Gasteiger partial charge is 0.139 e. The lowest BCUT2D eigenvalue weighted by atomic mass is 9.99. The van der Waals surface area contributed by atoms with Gasteiger partial charge in [-0.1, -0.05) is 38.1 Å². The second-order valence-electron chi connectivity index (χ2n) is 7.20. The molecule has 3 aromatic rings. The summed E-state index contributed by atoms with van der Waals surface area (Å²) < 4.78 is 0. The van der Waals surface area contributed by atoms with E-state index in [0.717, 1.165) is 16.0 Å². The lowest BCUT2D eigenvalue weighted by Gasteiger charge is -2.22. The molecule has 0 radical (unpaired) electrons. The predicted octanol–water partition coefficient (Wildman–Crippen LogP) is 5.69. The van der Waals surface area contributed by atoms with Crippen LogP contribution in [0.5, 0.6) is 0 Å². The molecule has 0 atom stereocenters. The number of fused-ring (bicyclic) bond motifs is 1. The second kappa shape index (κ2) is 5.93. The van der Waals surface area contributed by atoms with E-state index >= 15 is 0 Å². The number of hydrogen-bond donors (Lipinski definition) is 1. The number of rotatable bonds is 3. The van der Waals surface area contributed by atoms with Crippen LogP contribution in [0.15, 0.2) is 36.0 Å². The molecule has 0 fully saturated rings. The highest BCUT2D eigenvalue weighted by Gasteiger charge is 2.17. The molecule has 0 aliphatic heterocycles. The van der Waals surface area contributed by atoms with Crippen molar-refractivity contribution in [2.75, 3.05) is 5.32 Å². The zero-order valence-electron chi connectivity index (χ0n) is 14.3. The summed E-state index contributed by atoms with van der Waals surface area (Å²) in [4.78, 5) is 9.93. The van der Waals surface area contributed by atoms with Gasteiger partial charge in [-0.2, -0.15) is 0 Å². The summed E-state index contributed by atoms with van der Waals surface area (Å²) in [5.41, 5.74) is 3.74. The van der Waals surface area contributed by atoms with Crippen LogP contribution < -0.4 is 5.32 Å². The predicted molar refractivity (Wildman–Crippen MR) is 100 cm³/mol. The molecule has 4 heteroatoms. The van der Waals surface area contributed by atoms with Crippen LogP contribution >= 0.6 is 11.3 Å². The highest BCUT2D eigenvalue weighted by molar-refractivity contribution is 7.17. The Morgan fingerprint density at radius 2 is 1.74 bits per heavy atom. The lowest BCUT2D eigenvalue weighted by Crippen LogP contribution is -2.26. The lowest BCUT2D eigenvalue weighted by molar-refractivity contribution is 0.631. The fourth-order valence-corrected chi connectivity index (χ4v) is 3.50. The number of thiophene rings is 1. The molecule has 1 N–H and O–H groups in total. The van der Waals surface area contributed by atoms with E-state index in [2.05, 4.69) is 79.5 Å². The number of benzene rings is 1. The van der Waals surface area contributed by atoms with Gasteiger partial charge in [-0.15, -0.1) is 11.3 Å². The average molecular weight is 325 g/mol. The first-order valence-corrected chi connectivity index (χ1v) is 8.84. The molecule has 23 heavy (non-hydrogen) atoms. The van der Waals surface area contributed by atoms with Crippen molar-refractivity contribution in [3.05, 3.63) is 41.5 Å². The van der Waals surface area contributed by atoms with Crippen LogP contribution in [-0.4, -0.2) is 15.5 Å². The summed E-state index contributed by atoms with van der Waals surface area (Å²) in [6, 6.07) is 8.82. The van der Waals surface area contributed by atoms with E-state index in [4.69, 9.17) is 0 Å². The normalized spacial score (nSPS) is 12.1. The summed E-state index contributed by atoms with van der Waals surface area (Å²) in [6.45, 7) is 10.9. The van der Waals surface area contributed by atoms with E-state index in [1.807, 2.05) is 0 Å². The number of nitrogens with zero attached hydrogens (tertiary/aromatic N) is 2. The van der Waals surface area contributed by atoms with Gasteiger partial charge in [0.25, 0.3) is 0 Å². The maximum Gasteiger partial charge on any atom is 0.139 e. The van der Waals surface area contributed by atoms with Crippen molar-refractivity contribution < 1.29 is 0 Å². The van der Waals surface area contributed by atoms with E-state index in [1.54, 1.807) is 17.7 Å². The summed E-state index contributed by atoms with van der Waals surface area (Å²) >= 11 is 1.67. The maximum absolute atomic E-state index is 4.48. The number of hydrogen-bond acceptors (Lipinski definition) is 4. The zero-order valence-corrected chi connectivity index (χ0v) is 15.2. The minimum atomic E-state index is -0.0397. The molecule has 0 amide bonds. The van der Waals surface area contributed by atoms with Gasteiger partial charge in [-0.25, -0.2) is 9.97 Å². The van der Waals surface area contributed by atoms with Gasteiger partial charge < -0.3 is 5.32 Å². The summed E-state index contributed by atoms with van der Waals surface area (Å²) in [5.74, 6) is 1.46. The molecular formula is C19H23N3S. The molecule has 0 saturated heterocycles. The van der Waals surface area contributed by atoms with Crippen LogP contribution in [0.4, 0.5) is 5.82 Å². The first-order valence-electron chi connectivity index (χ1n) is 7.96. The summed E-state index contributed by atoms with van der Waals surface area (Å²) in [7, 11) is 0. The molecule has 0 spiro atoms. The maximum atomic E-state index is 4.48. The Morgan fingerprint density at radius 1 is 1.04 bits per heavy atom. The molecule has 0 bridgehead atoms. The van der Waals surface area contributed by atoms with Crippen molar-refractivity contribution in [1.82, 2.24) is 9.97 Å². The Kier molecular flexibility index (Phi) is 4.11. The Morgan fingerprint density at radius 3 is 2.35 bits per heavy atom. The van der Waals surface area contributed by atoms with Crippen LogP contribution in [0.25, 0.3) is 21.3 Å². The molecular weight excluding hydrogens is 302 g/mol. The van der Waals surface area contributed by atoms with Crippen molar-refractivity contribution in [1.29, 1.82) is 0 Å². The fourth-order valence-electron chi connectivity index (χ4n) is 2.59. The summed E-state index contributed by atoms with van der Waals surface area (Å²) in [5, 5.41) is 6.80. The summed E-state index contributed by atoms with van der Waals surface area (Å²) in [6.07, 6.45) is 1.64. The van der Waals surface area contributed by atoms with Crippen molar-refractivity contribution in [3.8, 4) is 11.1 Å². The molecule has 120 valence electrons. The minimum absolute atomic E-state index is 0.0397. The Hall–Kier alpha value is -1.94. The van der Waals surface area contributed by atoms with Gasteiger partial charge in [0.2, 0.25) is 0 Å². The molecule has 2 heterocycles. The first-order chi connectivity index (χ1) is 10.8. The van der Waals surface area contributed by atoms with Crippen LogP contribution in [-0.2, 0) is 0 Å². The SMILES string of the molecule is CC(C)c1ccc(-c2csc3ncnc(NC(C)(C)C)c23)cc1. The molecule has 0 aliphatic carbocycles. The van der Waals surface area contributed by atoms with Crippen LogP contribution in [0, 0.1) is 0 Å². The largest absolute Gasteiger partial charge is 0.365 e. The van der Waals surface area contributed by atoms with Gasteiger partial charge in [0.15, 0.2) is 0 Å². The van der Waals surface area contributed by atoms with E-state index < -0.39 is 0 Å². The molecule has 0 unspecified atom stereocenters. The quantitative estimate of drug-likeness (QED) is 0.672. The van der Waals surface area contributed by atoms with E-state index in [-0.39, 0.29) is 5.54 Å². The van der Waals surface area contributed by atoms with Gasteiger partial charge in [-0.3, -0.25) is 0 Å². The molecule has 3 nitrogen and oxygen atoms in total. The third-order valence-electron chi connectivity index (χ3n) is 3.75. The van der Waals surface area contributed by atoms with Crippen LogP contribution in [0.3, 0.4) is 0 Å². The van der Waals surface area contributed by atoms with Crippen LogP contribution in [0.1, 0.15) is 46.1 Å². The minimum Gasteiger partial charge on any atom is -0.365 e. The fraction of sp³-hybridized carbons (Fsp3) is 0.368. The Bertz CT molecular complexity index is 811. The van der Waals surface area contributed by atoms with Gasteiger partial charge in [-0.05, 0) is 37.8 Å². The van der Waals surface area contributed by atoms with E-state index in [1.165, 1.54) is 16.7 Å². The van der Waals surface area contributed by atoms with Gasteiger partial charge >= 0.3 is 0 Å². The molecule has 3 rings (SSSR count). The number of aromatic nitrogens is 2. The molecule has 2 aromatic heterocycles. The highest BCUT2D eigenvalue weighted by Crippen LogP contribution is 2.37. The van der Waals surface area contributed by atoms with E-state index in [9.17, 15) is 0 Å². The highest BCUT2D eigenvalue weighted by atomic mass is 32.1. The van der Waals surface area contributed by atoms with Crippen molar-refractivity contribution in [3.63, 3.8) is 0 Å². The van der Waals surface area contributed by atoms with Crippen molar-refractivity contribution >= 4 is 27.4 Å². The van der Waals surface area contributed by atoms with Gasteiger partial charge in [0.05, 0.1) is 5.39 Å². The number of nitrogens with one attached hydrogen (secondary N) is 1.